The van der Waals surface area contributed by atoms with E-state index in [0.717, 1.165) is 19.3 Å². The first-order valence-corrected chi connectivity index (χ1v) is 8.14. The molecule has 2 aromatic rings. The molecule has 0 radical (unpaired) electrons. The third-order valence-corrected chi connectivity index (χ3v) is 5.01. The number of pyridine rings is 1. The van der Waals surface area contributed by atoms with Gasteiger partial charge in [0.15, 0.2) is 11.5 Å². The van der Waals surface area contributed by atoms with Crippen LogP contribution in [-0.2, 0) is 16.8 Å². The lowest BCUT2D eigenvalue weighted by Crippen LogP contribution is -2.43. The van der Waals surface area contributed by atoms with Crippen LogP contribution in [0.3, 0.4) is 0 Å². The summed E-state index contributed by atoms with van der Waals surface area (Å²) in [5.41, 5.74) is 0.708. The van der Waals surface area contributed by atoms with E-state index in [9.17, 15) is 8.42 Å². The molecule has 0 atom stereocenters. The molecule has 2 aromatic heterocycles. The van der Waals surface area contributed by atoms with E-state index in [1.807, 2.05) is 24.4 Å². The molecule has 1 saturated heterocycles. The summed E-state index contributed by atoms with van der Waals surface area (Å²) in [5.74, 6) is 0.584. The van der Waals surface area contributed by atoms with Gasteiger partial charge in [-0.05, 0) is 25.0 Å². The van der Waals surface area contributed by atoms with Gasteiger partial charge in [0.05, 0.1) is 6.54 Å². The number of nitrogens with zero attached hydrogens (tertiary/aromatic N) is 4. The maximum atomic E-state index is 12.2. The summed E-state index contributed by atoms with van der Waals surface area (Å²) in [6.07, 6.45) is 4.77. The van der Waals surface area contributed by atoms with Gasteiger partial charge in [-0.3, -0.25) is 4.40 Å². The summed E-state index contributed by atoms with van der Waals surface area (Å²) >= 11 is 0. The Morgan fingerprint density at radius 1 is 1.15 bits per heavy atom. The molecule has 3 rings (SSSR count). The van der Waals surface area contributed by atoms with E-state index in [4.69, 9.17) is 0 Å². The fourth-order valence-electron chi connectivity index (χ4n) is 2.36. The van der Waals surface area contributed by atoms with Crippen LogP contribution in [0.1, 0.15) is 25.1 Å². The highest BCUT2D eigenvalue weighted by atomic mass is 32.2. The number of hydrogen-bond acceptors (Lipinski definition) is 4. The Labute approximate surface area is 117 Å². The molecular formula is C12H17N5O2S. The fraction of sp³-hybridized carbons (Fsp3) is 0.500. The number of nitrogens with one attached hydrogen (secondary N) is 1. The summed E-state index contributed by atoms with van der Waals surface area (Å²) < 4.78 is 30.2. The van der Waals surface area contributed by atoms with Crippen LogP contribution in [0.4, 0.5) is 0 Å². The highest BCUT2D eigenvalue weighted by molar-refractivity contribution is 7.87. The van der Waals surface area contributed by atoms with Crippen molar-refractivity contribution in [3.05, 3.63) is 30.2 Å². The molecule has 1 N–H and O–H groups in total. The first-order chi connectivity index (χ1) is 9.67. The first-order valence-electron chi connectivity index (χ1n) is 6.70. The average Bonchev–Trinajstić information content (AvgIpc) is 2.89. The van der Waals surface area contributed by atoms with Crippen molar-refractivity contribution in [3.63, 3.8) is 0 Å². The molecule has 1 aliphatic heterocycles. The Kier molecular flexibility index (Phi) is 3.68. The zero-order chi connectivity index (χ0) is 14.0. The summed E-state index contributed by atoms with van der Waals surface area (Å²) in [6.45, 7) is 1.33. The van der Waals surface area contributed by atoms with Gasteiger partial charge < -0.3 is 0 Å². The molecule has 0 unspecified atom stereocenters. The predicted molar refractivity (Wildman–Crippen MR) is 74.2 cm³/mol. The van der Waals surface area contributed by atoms with E-state index in [2.05, 4.69) is 14.9 Å². The first kappa shape index (κ1) is 13.5. The topological polar surface area (TPSA) is 79.6 Å². The van der Waals surface area contributed by atoms with E-state index in [1.165, 1.54) is 4.31 Å². The van der Waals surface area contributed by atoms with Crippen LogP contribution in [0.25, 0.3) is 5.65 Å². The molecule has 0 aromatic carbocycles. The van der Waals surface area contributed by atoms with E-state index in [-0.39, 0.29) is 6.54 Å². The average molecular weight is 295 g/mol. The van der Waals surface area contributed by atoms with E-state index >= 15 is 0 Å². The zero-order valence-electron chi connectivity index (χ0n) is 11.1. The minimum absolute atomic E-state index is 0.143. The molecule has 7 nitrogen and oxygen atoms in total. The minimum Gasteiger partial charge on any atom is -0.285 e. The van der Waals surface area contributed by atoms with Gasteiger partial charge >= 0.3 is 0 Å². The summed E-state index contributed by atoms with van der Waals surface area (Å²) in [6, 6.07) is 5.56. The van der Waals surface area contributed by atoms with Crippen LogP contribution in [0.15, 0.2) is 24.4 Å². The molecular weight excluding hydrogens is 278 g/mol. The highest BCUT2D eigenvalue weighted by Crippen LogP contribution is 2.12. The van der Waals surface area contributed by atoms with Crippen LogP contribution in [-0.4, -0.2) is 40.4 Å². The second-order valence-corrected chi connectivity index (χ2v) is 6.59. The molecule has 1 fully saturated rings. The molecule has 0 saturated carbocycles. The van der Waals surface area contributed by atoms with Crippen molar-refractivity contribution in [2.75, 3.05) is 13.1 Å². The number of aromatic nitrogens is 3. The van der Waals surface area contributed by atoms with Crippen LogP contribution in [0, 0.1) is 0 Å². The molecule has 0 amide bonds. The number of rotatable bonds is 4. The van der Waals surface area contributed by atoms with Crippen molar-refractivity contribution in [3.8, 4) is 0 Å². The van der Waals surface area contributed by atoms with Crippen molar-refractivity contribution in [1.29, 1.82) is 0 Å². The Balaban J connectivity index is 1.72. The molecule has 108 valence electrons. The lowest BCUT2D eigenvalue weighted by Gasteiger charge is -2.25. The lowest BCUT2D eigenvalue weighted by atomic mass is 10.2. The van der Waals surface area contributed by atoms with Gasteiger partial charge in [-0.2, -0.15) is 17.4 Å². The van der Waals surface area contributed by atoms with Crippen molar-refractivity contribution < 1.29 is 8.42 Å². The van der Waals surface area contributed by atoms with Crippen molar-refractivity contribution in [2.45, 2.75) is 25.8 Å². The van der Waals surface area contributed by atoms with Gasteiger partial charge in [0.1, 0.15) is 0 Å². The zero-order valence-corrected chi connectivity index (χ0v) is 11.9. The van der Waals surface area contributed by atoms with E-state index < -0.39 is 10.2 Å². The quantitative estimate of drug-likeness (QED) is 0.893. The van der Waals surface area contributed by atoms with Crippen LogP contribution in [0.5, 0.6) is 0 Å². The van der Waals surface area contributed by atoms with Gasteiger partial charge in [0.25, 0.3) is 10.2 Å². The lowest BCUT2D eigenvalue weighted by molar-refractivity contribution is 0.341. The molecule has 3 heterocycles. The Morgan fingerprint density at radius 3 is 2.75 bits per heavy atom. The van der Waals surface area contributed by atoms with Crippen LogP contribution < -0.4 is 4.72 Å². The molecule has 0 bridgehead atoms. The van der Waals surface area contributed by atoms with Crippen LogP contribution >= 0.6 is 0 Å². The second kappa shape index (κ2) is 5.47. The second-order valence-electron chi connectivity index (χ2n) is 4.83. The van der Waals surface area contributed by atoms with E-state index in [0.29, 0.717) is 24.6 Å². The minimum atomic E-state index is -3.43. The standard InChI is InChI=1S/C12H17N5O2S/c18-20(19,16-7-3-1-4-8-16)13-10-12-15-14-11-6-2-5-9-17(11)12/h2,5-6,9,13H,1,3-4,7-8,10H2. The molecule has 1 aliphatic rings. The Bertz CT molecular complexity index is 691. The van der Waals surface area contributed by atoms with Gasteiger partial charge in [-0.1, -0.05) is 12.5 Å². The largest absolute Gasteiger partial charge is 0.285 e. The third kappa shape index (κ3) is 2.67. The van der Waals surface area contributed by atoms with Gasteiger partial charge in [0.2, 0.25) is 0 Å². The van der Waals surface area contributed by atoms with Gasteiger partial charge in [-0.15, -0.1) is 10.2 Å². The number of hydrogen-bond donors (Lipinski definition) is 1. The smallest absolute Gasteiger partial charge is 0.279 e. The fourth-order valence-corrected chi connectivity index (χ4v) is 3.60. The SMILES string of the molecule is O=S(=O)(NCc1nnc2ccccn12)N1CCCCC1. The monoisotopic (exact) mass is 295 g/mol. The summed E-state index contributed by atoms with van der Waals surface area (Å²) in [7, 11) is -3.43. The molecule has 0 spiro atoms. The molecule has 0 aliphatic carbocycles. The summed E-state index contributed by atoms with van der Waals surface area (Å²) in [4.78, 5) is 0. The van der Waals surface area contributed by atoms with Crippen molar-refractivity contribution in [2.24, 2.45) is 0 Å². The van der Waals surface area contributed by atoms with Crippen LogP contribution in [0.2, 0.25) is 0 Å². The third-order valence-electron chi connectivity index (χ3n) is 3.45. The Hall–Kier alpha value is -1.51. The number of piperidine rings is 1. The highest BCUT2D eigenvalue weighted by Gasteiger charge is 2.23. The predicted octanol–water partition coefficient (Wildman–Crippen LogP) is 0.550. The van der Waals surface area contributed by atoms with Crippen molar-refractivity contribution >= 4 is 15.9 Å². The molecule has 20 heavy (non-hydrogen) atoms. The summed E-state index contributed by atoms with van der Waals surface area (Å²) in [5, 5.41) is 8.01. The Morgan fingerprint density at radius 2 is 1.95 bits per heavy atom. The number of fused-ring (bicyclic) bond motifs is 1. The maximum Gasteiger partial charge on any atom is 0.279 e. The normalized spacial score (nSPS) is 17.6. The van der Waals surface area contributed by atoms with E-state index in [1.54, 1.807) is 4.40 Å². The van der Waals surface area contributed by atoms with Gasteiger partial charge in [0, 0.05) is 19.3 Å². The maximum absolute atomic E-state index is 12.2. The molecule has 8 heteroatoms. The van der Waals surface area contributed by atoms with Crippen molar-refractivity contribution in [1.82, 2.24) is 23.6 Å². The van der Waals surface area contributed by atoms with Gasteiger partial charge in [-0.25, -0.2) is 0 Å².